The van der Waals surface area contributed by atoms with Gasteiger partial charge in [0.25, 0.3) is 0 Å². The molecule has 0 amide bonds. The van der Waals surface area contributed by atoms with Crippen molar-refractivity contribution in [3.05, 3.63) is 16.1 Å². The fraction of sp³-hybridized carbons (Fsp3) is 0.750. The zero-order valence-electron chi connectivity index (χ0n) is 9.94. The Kier molecular flexibility index (Phi) is 3.95. The standard InChI is InChI=1S/C12H20N2OS/c1-8-7-13-12(16-8)9(2)14-10-3-5-11(15)6-4-10/h7,9-11,14-15H,3-6H2,1-2H3. The summed E-state index contributed by atoms with van der Waals surface area (Å²) in [6.07, 6.45) is 5.88. The Balaban J connectivity index is 1.85. The van der Waals surface area contributed by atoms with Gasteiger partial charge in [0, 0.05) is 17.1 Å². The number of aliphatic hydroxyl groups is 1. The first kappa shape index (κ1) is 12.0. The van der Waals surface area contributed by atoms with Crippen LogP contribution in [0.4, 0.5) is 0 Å². The average molecular weight is 240 g/mol. The van der Waals surface area contributed by atoms with Crippen LogP contribution in [0.5, 0.6) is 0 Å². The zero-order chi connectivity index (χ0) is 11.5. The minimum Gasteiger partial charge on any atom is -0.393 e. The Labute approximate surface area is 101 Å². The van der Waals surface area contributed by atoms with E-state index in [1.54, 1.807) is 11.3 Å². The monoisotopic (exact) mass is 240 g/mol. The molecule has 1 aromatic rings. The minimum absolute atomic E-state index is 0.0736. The van der Waals surface area contributed by atoms with E-state index in [1.807, 2.05) is 6.20 Å². The molecule has 1 unspecified atom stereocenters. The second-order valence-corrected chi connectivity index (χ2v) is 5.97. The first-order valence-corrected chi connectivity index (χ1v) is 6.83. The molecular formula is C12H20N2OS. The molecule has 0 aromatic carbocycles. The Bertz CT molecular complexity index is 332. The van der Waals surface area contributed by atoms with Gasteiger partial charge in [-0.1, -0.05) is 0 Å². The van der Waals surface area contributed by atoms with E-state index in [0.29, 0.717) is 12.1 Å². The van der Waals surface area contributed by atoms with Crippen molar-refractivity contribution in [2.24, 2.45) is 0 Å². The topological polar surface area (TPSA) is 45.2 Å². The van der Waals surface area contributed by atoms with Crippen LogP contribution in [0.1, 0.15) is 48.5 Å². The number of nitrogens with zero attached hydrogens (tertiary/aromatic N) is 1. The third kappa shape index (κ3) is 3.03. The summed E-state index contributed by atoms with van der Waals surface area (Å²) in [6, 6.07) is 0.876. The molecule has 0 spiro atoms. The summed E-state index contributed by atoms with van der Waals surface area (Å²) in [7, 11) is 0. The van der Waals surface area contributed by atoms with E-state index in [9.17, 15) is 5.11 Å². The normalized spacial score (nSPS) is 27.9. The lowest BCUT2D eigenvalue weighted by atomic mass is 9.93. The molecule has 1 atom stereocenters. The molecule has 0 saturated heterocycles. The van der Waals surface area contributed by atoms with Crippen LogP contribution in [0.2, 0.25) is 0 Å². The summed E-state index contributed by atoms with van der Waals surface area (Å²) in [4.78, 5) is 5.67. The van der Waals surface area contributed by atoms with Crippen molar-refractivity contribution < 1.29 is 5.11 Å². The first-order chi connectivity index (χ1) is 7.65. The summed E-state index contributed by atoms with van der Waals surface area (Å²) in [5.41, 5.74) is 0. The van der Waals surface area contributed by atoms with Gasteiger partial charge in [0.15, 0.2) is 0 Å². The van der Waals surface area contributed by atoms with Crippen LogP contribution in [-0.2, 0) is 0 Å². The second-order valence-electron chi connectivity index (χ2n) is 4.70. The van der Waals surface area contributed by atoms with Crippen LogP contribution < -0.4 is 5.32 Å². The molecule has 2 rings (SSSR count). The lowest BCUT2D eigenvalue weighted by Gasteiger charge is -2.28. The number of hydrogen-bond acceptors (Lipinski definition) is 4. The summed E-state index contributed by atoms with van der Waals surface area (Å²) in [5, 5.41) is 14.2. The van der Waals surface area contributed by atoms with E-state index in [2.05, 4.69) is 24.1 Å². The maximum atomic E-state index is 9.44. The van der Waals surface area contributed by atoms with Crippen molar-refractivity contribution in [1.29, 1.82) is 0 Å². The molecule has 1 aliphatic carbocycles. The molecule has 1 fully saturated rings. The number of hydrogen-bond donors (Lipinski definition) is 2. The predicted octanol–water partition coefficient (Wildman–Crippen LogP) is 2.41. The third-order valence-electron chi connectivity index (χ3n) is 3.19. The summed E-state index contributed by atoms with van der Waals surface area (Å²) in [6.45, 7) is 4.26. The fourth-order valence-corrected chi connectivity index (χ4v) is 3.03. The number of rotatable bonds is 3. The number of nitrogens with one attached hydrogen (secondary N) is 1. The van der Waals surface area contributed by atoms with Gasteiger partial charge in [-0.2, -0.15) is 0 Å². The maximum absolute atomic E-state index is 9.44. The van der Waals surface area contributed by atoms with Gasteiger partial charge < -0.3 is 10.4 Å². The Morgan fingerprint density at radius 1 is 1.44 bits per heavy atom. The van der Waals surface area contributed by atoms with E-state index < -0.39 is 0 Å². The molecular weight excluding hydrogens is 220 g/mol. The third-order valence-corrected chi connectivity index (χ3v) is 4.29. The van der Waals surface area contributed by atoms with Crippen LogP contribution in [0, 0.1) is 6.92 Å². The molecule has 1 aromatic heterocycles. The minimum atomic E-state index is -0.0736. The van der Waals surface area contributed by atoms with Crippen LogP contribution in [0.25, 0.3) is 0 Å². The van der Waals surface area contributed by atoms with Gasteiger partial charge >= 0.3 is 0 Å². The van der Waals surface area contributed by atoms with E-state index in [4.69, 9.17) is 0 Å². The van der Waals surface area contributed by atoms with Crippen molar-refractivity contribution in [3.63, 3.8) is 0 Å². The highest BCUT2D eigenvalue weighted by Gasteiger charge is 2.21. The van der Waals surface area contributed by atoms with Gasteiger partial charge in [0.1, 0.15) is 5.01 Å². The molecule has 1 heterocycles. The SMILES string of the molecule is Cc1cnc(C(C)NC2CCC(O)CC2)s1. The van der Waals surface area contributed by atoms with Crippen LogP contribution >= 0.6 is 11.3 Å². The van der Waals surface area contributed by atoms with Crippen LogP contribution in [-0.4, -0.2) is 22.2 Å². The van der Waals surface area contributed by atoms with E-state index in [0.717, 1.165) is 25.7 Å². The highest BCUT2D eigenvalue weighted by atomic mass is 32.1. The van der Waals surface area contributed by atoms with Gasteiger partial charge in [-0.3, -0.25) is 0 Å². The molecule has 0 aliphatic heterocycles. The van der Waals surface area contributed by atoms with Gasteiger partial charge in [-0.05, 0) is 39.5 Å². The van der Waals surface area contributed by atoms with Crippen molar-refractivity contribution in [3.8, 4) is 0 Å². The Morgan fingerprint density at radius 2 is 2.12 bits per heavy atom. The quantitative estimate of drug-likeness (QED) is 0.853. The molecule has 1 saturated carbocycles. The summed E-state index contributed by atoms with van der Waals surface area (Å²) >= 11 is 1.76. The van der Waals surface area contributed by atoms with E-state index in [-0.39, 0.29) is 6.10 Å². The van der Waals surface area contributed by atoms with E-state index >= 15 is 0 Å². The molecule has 0 radical (unpaired) electrons. The lowest BCUT2D eigenvalue weighted by molar-refractivity contribution is 0.114. The van der Waals surface area contributed by atoms with Crippen molar-refractivity contribution >= 4 is 11.3 Å². The molecule has 1 aliphatic rings. The molecule has 3 nitrogen and oxygen atoms in total. The van der Waals surface area contributed by atoms with Crippen LogP contribution in [0.15, 0.2) is 6.20 Å². The molecule has 16 heavy (non-hydrogen) atoms. The molecule has 2 N–H and O–H groups in total. The molecule has 4 heteroatoms. The highest BCUT2D eigenvalue weighted by Crippen LogP contribution is 2.24. The largest absolute Gasteiger partial charge is 0.393 e. The maximum Gasteiger partial charge on any atom is 0.109 e. The van der Waals surface area contributed by atoms with E-state index in [1.165, 1.54) is 9.88 Å². The Morgan fingerprint density at radius 3 is 2.69 bits per heavy atom. The Hall–Kier alpha value is -0.450. The van der Waals surface area contributed by atoms with Gasteiger partial charge in [0.05, 0.1) is 12.1 Å². The average Bonchev–Trinajstić information content (AvgIpc) is 2.68. The van der Waals surface area contributed by atoms with Crippen molar-refractivity contribution in [2.75, 3.05) is 0 Å². The second kappa shape index (κ2) is 5.25. The number of aliphatic hydroxyl groups excluding tert-OH is 1. The van der Waals surface area contributed by atoms with Gasteiger partial charge in [0.2, 0.25) is 0 Å². The first-order valence-electron chi connectivity index (χ1n) is 6.01. The fourth-order valence-electron chi connectivity index (χ4n) is 2.24. The van der Waals surface area contributed by atoms with Crippen molar-refractivity contribution in [1.82, 2.24) is 10.3 Å². The highest BCUT2D eigenvalue weighted by molar-refractivity contribution is 7.11. The number of thiazole rings is 1. The van der Waals surface area contributed by atoms with Gasteiger partial charge in [-0.25, -0.2) is 4.98 Å². The van der Waals surface area contributed by atoms with Crippen molar-refractivity contribution in [2.45, 2.75) is 57.7 Å². The number of aromatic nitrogens is 1. The molecule has 0 bridgehead atoms. The molecule has 90 valence electrons. The van der Waals surface area contributed by atoms with Crippen LogP contribution in [0.3, 0.4) is 0 Å². The smallest absolute Gasteiger partial charge is 0.109 e. The summed E-state index contributed by atoms with van der Waals surface area (Å²) < 4.78 is 0. The van der Waals surface area contributed by atoms with Gasteiger partial charge in [-0.15, -0.1) is 11.3 Å². The number of aryl methyl sites for hydroxylation is 1. The lowest BCUT2D eigenvalue weighted by Crippen LogP contribution is -2.36. The predicted molar refractivity (Wildman–Crippen MR) is 66.7 cm³/mol. The summed E-state index contributed by atoms with van der Waals surface area (Å²) in [5.74, 6) is 0. The zero-order valence-corrected chi connectivity index (χ0v) is 10.8.